The van der Waals surface area contributed by atoms with Gasteiger partial charge in [0, 0.05) is 6.20 Å². The molecular weight excluding hydrogens is 373 g/mol. The highest BCUT2D eigenvalue weighted by Crippen LogP contribution is 2.34. The van der Waals surface area contributed by atoms with Crippen LogP contribution in [0.15, 0.2) is 41.3 Å². The zero-order valence-electron chi connectivity index (χ0n) is 13.9. The van der Waals surface area contributed by atoms with Gasteiger partial charge in [-0.1, -0.05) is 11.6 Å². The maximum absolute atomic E-state index is 12.8. The SMILES string of the molecule is CCOc1cccn(C(C)C(=O)Nc2cc(C(F)(F)F)ccc2Cl)c1=O. The predicted molar refractivity (Wildman–Crippen MR) is 91.7 cm³/mol. The molecule has 26 heavy (non-hydrogen) atoms. The lowest BCUT2D eigenvalue weighted by Crippen LogP contribution is -2.31. The summed E-state index contributed by atoms with van der Waals surface area (Å²) in [5.74, 6) is -0.617. The molecule has 1 unspecified atom stereocenters. The lowest BCUT2D eigenvalue weighted by molar-refractivity contribution is -0.137. The van der Waals surface area contributed by atoms with Gasteiger partial charge in [-0.05, 0) is 44.2 Å². The molecule has 1 amide bonds. The van der Waals surface area contributed by atoms with Crippen LogP contribution in [-0.4, -0.2) is 17.1 Å². The number of ether oxygens (including phenoxy) is 1. The highest BCUT2D eigenvalue weighted by molar-refractivity contribution is 6.33. The Labute approximate surface area is 152 Å². The van der Waals surface area contributed by atoms with E-state index in [-0.39, 0.29) is 23.1 Å². The molecule has 1 atom stereocenters. The first-order valence-corrected chi connectivity index (χ1v) is 8.04. The molecule has 0 bridgehead atoms. The Hall–Kier alpha value is -2.48. The molecular formula is C17H16ClF3N2O3. The number of benzene rings is 1. The van der Waals surface area contributed by atoms with E-state index in [0.29, 0.717) is 0 Å². The maximum atomic E-state index is 12.8. The first-order chi connectivity index (χ1) is 12.1. The first kappa shape index (κ1) is 19.8. The number of rotatable bonds is 5. The summed E-state index contributed by atoms with van der Waals surface area (Å²) in [4.78, 5) is 24.7. The van der Waals surface area contributed by atoms with Gasteiger partial charge in [-0.15, -0.1) is 0 Å². The number of aromatic nitrogens is 1. The van der Waals surface area contributed by atoms with Crippen LogP contribution in [0.5, 0.6) is 5.75 Å². The van der Waals surface area contributed by atoms with Gasteiger partial charge in [-0.2, -0.15) is 13.2 Å². The number of nitrogens with zero attached hydrogens (tertiary/aromatic N) is 1. The molecule has 0 saturated carbocycles. The van der Waals surface area contributed by atoms with Crippen molar-refractivity contribution in [1.82, 2.24) is 4.57 Å². The number of nitrogens with one attached hydrogen (secondary N) is 1. The smallest absolute Gasteiger partial charge is 0.416 e. The minimum Gasteiger partial charge on any atom is -0.488 e. The fourth-order valence-electron chi connectivity index (χ4n) is 2.22. The normalized spacial score (nSPS) is 12.5. The third-order valence-electron chi connectivity index (χ3n) is 3.59. The highest BCUT2D eigenvalue weighted by Gasteiger charge is 2.31. The van der Waals surface area contributed by atoms with Gasteiger partial charge >= 0.3 is 6.18 Å². The average molecular weight is 389 g/mol. The number of hydrogen-bond donors (Lipinski definition) is 1. The molecule has 140 valence electrons. The molecule has 0 saturated heterocycles. The van der Waals surface area contributed by atoms with E-state index in [4.69, 9.17) is 16.3 Å². The molecule has 2 aromatic rings. The van der Waals surface area contributed by atoms with Crippen LogP contribution in [0.25, 0.3) is 0 Å². The van der Waals surface area contributed by atoms with Crippen LogP contribution >= 0.6 is 11.6 Å². The number of alkyl halides is 3. The molecule has 5 nitrogen and oxygen atoms in total. The average Bonchev–Trinajstić information content (AvgIpc) is 2.57. The quantitative estimate of drug-likeness (QED) is 0.838. The van der Waals surface area contributed by atoms with Gasteiger partial charge in [-0.25, -0.2) is 0 Å². The number of carbonyl (C=O) groups is 1. The molecule has 0 aliphatic heterocycles. The van der Waals surface area contributed by atoms with Gasteiger partial charge in [0.25, 0.3) is 5.56 Å². The Bertz CT molecular complexity index is 865. The van der Waals surface area contributed by atoms with Gasteiger partial charge in [-0.3, -0.25) is 9.59 Å². The second kappa shape index (κ2) is 7.82. The van der Waals surface area contributed by atoms with E-state index in [1.54, 1.807) is 6.92 Å². The largest absolute Gasteiger partial charge is 0.488 e. The summed E-state index contributed by atoms with van der Waals surface area (Å²) < 4.78 is 44.8. The number of amides is 1. The number of pyridine rings is 1. The molecule has 0 fully saturated rings. The number of hydrogen-bond acceptors (Lipinski definition) is 3. The number of carbonyl (C=O) groups excluding carboxylic acids is 1. The van der Waals surface area contributed by atoms with Crippen molar-refractivity contribution in [2.45, 2.75) is 26.1 Å². The van der Waals surface area contributed by atoms with Crippen molar-refractivity contribution in [3.63, 3.8) is 0 Å². The predicted octanol–water partition coefficient (Wildman–Crippen LogP) is 4.12. The zero-order chi connectivity index (χ0) is 19.5. The number of halogens is 4. The minimum absolute atomic E-state index is 0.0473. The summed E-state index contributed by atoms with van der Waals surface area (Å²) in [5, 5.41) is 2.28. The zero-order valence-corrected chi connectivity index (χ0v) is 14.7. The third-order valence-corrected chi connectivity index (χ3v) is 3.92. The van der Waals surface area contributed by atoms with Crippen molar-refractivity contribution in [2.75, 3.05) is 11.9 Å². The monoisotopic (exact) mass is 388 g/mol. The van der Waals surface area contributed by atoms with E-state index in [0.717, 1.165) is 22.8 Å². The molecule has 1 aromatic carbocycles. The van der Waals surface area contributed by atoms with Gasteiger partial charge in [0.15, 0.2) is 5.75 Å². The van der Waals surface area contributed by atoms with Crippen LogP contribution in [0, 0.1) is 0 Å². The van der Waals surface area contributed by atoms with E-state index in [1.165, 1.54) is 25.3 Å². The van der Waals surface area contributed by atoms with Crippen molar-refractivity contribution in [2.24, 2.45) is 0 Å². The number of anilines is 1. The molecule has 1 N–H and O–H groups in total. The molecule has 0 spiro atoms. The van der Waals surface area contributed by atoms with E-state index in [9.17, 15) is 22.8 Å². The Morgan fingerprint density at radius 1 is 1.35 bits per heavy atom. The van der Waals surface area contributed by atoms with Crippen LogP contribution in [0.3, 0.4) is 0 Å². The van der Waals surface area contributed by atoms with Crippen LogP contribution in [0.1, 0.15) is 25.5 Å². The lowest BCUT2D eigenvalue weighted by atomic mass is 10.2. The topological polar surface area (TPSA) is 60.3 Å². The molecule has 0 aliphatic carbocycles. The van der Waals surface area contributed by atoms with Crippen LogP contribution in [-0.2, 0) is 11.0 Å². The van der Waals surface area contributed by atoms with E-state index >= 15 is 0 Å². The van der Waals surface area contributed by atoms with Crippen LogP contribution in [0.2, 0.25) is 5.02 Å². The van der Waals surface area contributed by atoms with E-state index in [2.05, 4.69) is 5.32 Å². The van der Waals surface area contributed by atoms with Crippen molar-refractivity contribution in [3.05, 3.63) is 57.5 Å². The summed E-state index contributed by atoms with van der Waals surface area (Å²) in [6.45, 7) is 3.43. The second-order valence-electron chi connectivity index (χ2n) is 5.38. The fourth-order valence-corrected chi connectivity index (χ4v) is 2.39. The van der Waals surface area contributed by atoms with Gasteiger partial charge < -0.3 is 14.6 Å². The van der Waals surface area contributed by atoms with Gasteiger partial charge in [0.1, 0.15) is 6.04 Å². The summed E-state index contributed by atoms with van der Waals surface area (Å²) in [7, 11) is 0. The Kier molecular flexibility index (Phi) is 5.97. The Balaban J connectivity index is 2.28. The Morgan fingerprint density at radius 2 is 2.04 bits per heavy atom. The second-order valence-corrected chi connectivity index (χ2v) is 5.78. The minimum atomic E-state index is -4.57. The Morgan fingerprint density at radius 3 is 2.65 bits per heavy atom. The molecule has 0 radical (unpaired) electrons. The van der Waals surface area contributed by atoms with Crippen LogP contribution in [0.4, 0.5) is 18.9 Å². The van der Waals surface area contributed by atoms with Gasteiger partial charge in [0.05, 0.1) is 22.9 Å². The van der Waals surface area contributed by atoms with Gasteiger partial charge in [0.2, 0.25) is 5.91 Å². The standard InChI is InChI=1S/C17H16ClF3N2O3/c1-3-26-14-5-4-8-23(16(14)25)10(2)15(24)22-13-9-11(17(19,20)21)6-7-12(13)18/h4-10H,3H2,1-2H3,(H,22,24). The van der Waals surface area contributed by atoms with Crippen molar-refractivity contribution in [3.8, 4) is 5.75 Å². The highest BCUT2D eigenvalue weighted by atomic mass is 35.5. The van der Waals surface area contributed by atoms with E-state index in [1.807, 2.05) is 0 Å². The van der Waals surface area contributed by atoms with Crippen LogP contribution < -0.4 is 15.6 Å². The summed E-state index contributed by atoms with van der Waals surface area (Å²) in [5.41, 5.74) is -1.65. The van der Waals surface area contributed by atoms with E-state index < -0.39 is 29.2 Å². The van der Waals surface area contributed by atoms with Crippen molar-refractivity contribution in [1.29, 1.82) is 0 Å². The molecule has 9 heteroatoms. The third kappa shape index (κ3) is 4.37. The molecule has 0 aliphatic rings. The first-order valence-electron chi connectivity index (χ1n) is 7.66. The molecule has 1 heterocycles. The van der Waals surface area contributed by atoms with Crippen molar-refractivity contribution >= 4 is 23.2 Å². The van der Waals surface area contributed by atoms with Crippen molar-refractivity contribution < 1.29 is 22.7 Å². The summed E-state index contributed by atoms with van der Waals surface area (Å²) in [6.07, 6.45) is -3.18. The molecule has 2 rings (SSSR count). The molecule has 1 aromatic heterocycles. The fraction of sp³-hybridized carbons (Fsp3) is 0.294. The summed E-state index contributed by atoms with van der Waals surface area (Å²) >= 11 is 5.87. The lowest BCUT2D eigenvalue weighted by Gasteiger charge is -2.17. The summed E-state index contributed by atoms with van der Waals surface area (Å²) in [6, 6.07) is 4.62. The maximum Gasteiger partial charge on any atom is 0.416 e.